The van der Waals surface area contributed by atoms with Crippen molar-refractivity contribution < 1.29 is 19.5 Å². The summed E-state index contributed by atoms with van der Waals surface area (Å²) in [5.74, 6) is -2.41. The molecule has 0 spiro atoms. The Kier molecular flexibility index (Phi) is 6.60. The van der Waals surface area contributed by atoms with Crippen LogP contribution in [0.15, 0.2) is 84.9 Å². The predicted octanol–water partition coefficient (Wildman–Crippen LogP) is 3.66. The van der Waals surface area contributed by atoms with Gasteiger partial charge in [-0.05, 0) is 35.4 Å². The Morgan fingerprint density at radius 3 is 1.70 bits per heavy atom. The molecule has 3 N–H and O–H groups in total. The third-order valence-corrected chi connectivity index (χ3v) is 4.67. The number of rotatable bonds is 7. The van der Waals surface area contributed by atoms with Crippen LogP contribution in [-0.4, -0.2) is 28.9 Å². The Hall–Kier alpha value is -3.93. The molecule has 6 nitrogen and oxygen atoms in total. The summed E-state index contributed by atoms with van der Waals surface area (Å²) in [6, 6.07) is 23.6. The van der Waals surface area contributed by atoms with Gasteiger partial charge in [-0.1, -0.05) is 60.7 Å². The molecule has 152 valence electrons. The number of hydrogen-bond donors (Lipinski definition) is 3. The first-order chi connectivity index (χ1) is 14.5. The molecule has 6 heteroatoms. The molecule has 0 bridgehead atoms. The number of amides is 2. The molecule has 0 heterocycles. The lowest BCUT2D eigenvalue weighted by molar-refractivity contribution is -0.139. The number of aliphatic carboxylic acids is 1. The van der Waals surface area contributed by atoms with E-state index in [0.29, 0.717) is 11.3 Å². The number of hydrogen-bond acceptors (Lipinski definition) is 3. The highest BCUT2D eigenvalue weighted by Crippen LogP contribution is 2.28. The second-order valence-corrected chi connectivity index (χ2v) is 6.85. The number of carboxylic acids is 1. The van der Waals surface area contributed by atoms with Crippen molar-refractivity contribution >= 4 is 23.5 Å². The fourth-order valence-electron chi connectivity index (χ4n) is 3.32. The summed E-state index contributed by atoms with van der Waals surface area (Å²) in [6.45, 7) is 1.39. The van der Waals surface area contributed by atoms with E-state index in [2.05, 4.69) is 10.6 Å². The number of carbonyl (C=O) groups is 3. The topological polar surface area (TPSA) is 95.5 Å². The van der Waals surface area contributed by atoms with E-state index in [1.807, 2.05) is 60.7 Å². The fourth-order valence-corrected chi connectivity index (χ4v) is 3.32. The van der Waals surface area contributed by atoms with Gasteiger partial charge < -0.3 is 15.7 Å². The van der Waals surface area contributed by atoms with Crippen LogP contribution in [0.5, 0.6) is 0 Å². The van der Waals surface area contributed by atoms with Gasteiger partial charge in [0.05, 0.1) is 0 Å². The van der Waals surface area contributed by atoms with Gasteiger partial charge in [0.1, 0.15) is 6.04 Å². The van der Waals surface area contributed by atoms with Gasteiger partial charge in [-0.3, -0.25) is 9.59 Å². The van der Waals surface area contributed by atoms with Crippen LogP contribution < -0.4 is 10.6 Å². The highest BCUT2D eigenvalue weighted by Gasteiger charge is 2.32. The monoisotopic (exact) mass is 402 g/mol. The first kappa shape index (κ1) is 20.8. The Bertz CT molecular complexity index is 979. The minimum absolute atomic E-state index is 0.216. The molecule has 0 aliphatic heterocycles. The van der Waals surface area contributed by atoms with E-state index in [4.69, 9.17) is 0 Å². The van der Waals surface area contributed by atoms with Gasteiger partial charge in [0.2, 0.25) is 5.91 Å². The van der Waals surface area contributed by atoms with Crippen molar-refractivity contribution in [3.8, 4) is 0 Å². The van der Waals surface area contributed by atoms with Gasteiger partial charge in [-0.25, -0.2) is 4.79 Å². The molecule has 1 atom stereocenters. The quantitative estimate of drug-likeness (QED) is 0.562. The van der Waals surface area contributed by atoms with Crippen LogP contribution in [0.4, 0.5) is 5.69 Å². The van der Waals surface area contributed by atoms with Crippen molar-refractivity contribution in [3.05, 3.63) is 102 Å². The van der Waals surface area contributed by atoms with Crippen LogP contribution in [0.1, 0.15) is 34.3 Å². The summed E-state index contributed by atoms with van der Waals surface area (Å²) in [7, 11) is 0. The van der Waals surface area contributed by atoms with Crippen molar-refractivity contribution in [2.75, 3.05) is 5.32 Å². The molecule has 0 aliphatic rings. The van der Waals surface area contributed by atoms with E-state index in [1.54, 1.807) is 24.3 Å². The summed E-state index contributed by atoms with van der Waals surface area (Å²) in [5.41, 5.74) is 2.44. The number of anilines is 1. The van der Waals surface area contributed by atoms with Crippen LogP contribution in [-0.2, 0) is 9.59 Å². The second kappa shape index (κ2) is 9.52. The van der Waals surface area contributed by atoms with Crippen LogP contribution in [0, 0.1) is 0 Å². The van der Waals surface area contributed by atoms with E-state index in [-0.39, 0.29) is 5.91 Å². The Balaban J connectivity index is 1.90. The fraction of sp³-hybridized carbons (Fsp3) is 0.125. The summed E-state index contributed by atoms with van der Waals surface area (Å²) >= 11 is 0. The molecule has 0 aliphatic carbocycles. The molecule has 3 aromatic carbocycles. The van der Waals surface area contributed by atoms with Crippen molar-refractivity contribution in [2.24, 2.45) is 0 Å². The average Bonchev–Trinajstić information content (AvgIpc) is 2.74. The summed E-state index contributed by atoms with van der Waals surface area (Å²) in [5, 5.41) is 15.2. The molecular formula is C24H22N2O4. The van der Waals surface area contributed by atoms with Gasteiger partial charge in [0, 0.05) is 24.1 Å². The zero-order valence-electron chi connectivity index (χ0n) is 16.4. The lowest BCUT2D eigenvalue weighted by Crippen LogP contribution is -2.45. The summed E-state index contributed by atoms with van der Waals surface area (Å²) in [6.07, 6.45) is 0. The first-order valence-electron chi connectivity index (χ1n) is 9.47. The molecule has 0 saturated heterocycles. The lowest BCUT2D eigenvalue weighted by atomic mass is 9.85. The smallest absolute Gasteiger partial charge is 0.327 e. The van der Waals surface area contributed by atoms with Gasteiger partial charge in [-0.2, -0.15) is 0 Å². The minimum atomic E-state index is -1.17. The zero-order valence-corrected chi connectivity index (χ0v) is 16.4. The van der Waals surface area contributed by atoms with Crippen molar-refractivity contribution in [1.82, 2.24) is 5.32 Å². The summed E-state index contributed by atoms with van der Waals surface area (Å²) in [4.78, 5) is 36.1. The number of carboxylic acid groups (broad SMARTS) is 1. The van der Waals surface area contributed by atoms with E-state index < -0.39 is 23.8 Å². The molecule has 0 fully saturated rings. The molecule has 3 aromatic rings. The third-order valence-electron chi connectivity index (χ3n) is 4.67. The molecule has 0 unspecified atom stereocenters. The Morgan fingerprint density at radius 2 is 1.27 bits per heavy atom. The molecule has 3 rings (SSSR count). The van der Waals surface area contributed by atoms with Gasteiger partial charge in [-0.15, -0.1) is 0 Å². The van der Waals surface area contributed by atoms with Crippen molar-refractivity contribution in [1.29, 1.82) is 0 Å². The Labute approximate surface area is 174 Å². The number of benzene rings is 3. The number of nitrogens with one attached hydrogen (secondary N) is 2. The van der Waals surface area contributed by atoms with Crippen molar-refractivity contribution in [2.45, 2.75) is 18.9 Å². The second-order valence-electron chi connectivity index (χ2n) is 6.85. The zero-order chi connectivity index (χ0) is 21.5. The van der Waals surface area contributed by atoms with E-state index in [9.17, 15) is 19.5 Å². The minimum Gasteiger partial charge on any atom is -0.480 e. The summed E-state index contributed by atoms with van der Waals surface area (Å²) < 4.78 is 0. The van der Waals surface area contributed by atoms with Crippen LogP contribution in [0.2, 0.25) is 0 Å². The van der Waals surface area contributed by atoms with Gasteiger partial charge in [0.15, 0.2) is 0 Å². The van der Waals surface area contributed by atoms with Crippen LogP contribution in [0.3, 0.4) is 0 Å². The van der Waals surface area contributed by atoms with E-state index >= 15 is 0 Å². The van der Waals surface area contributed by atoms with Crippen molar-refractivity contribution in [3.63, 3.8) is 0 Å². The lowest BCUT2D eigenvalue weighted by Gasteiger charge is -2.26. The first-order valence-corrected chi connectivity index (χ1v) is 9.47. The molecular weight excluding hydrogens is 380 g/mol. The average molecular weight is 402 g/mol. The highest BCUT2D eigenvalue weighted by atomic mass is 16.4. The van der Waals surface area contributed by atoms with Crippen LogP contribution >= 0.6 is 0 Å². The van der Waals surface area contributed by atoms with Crippen LogP contribution in [0.25, 0.3) is 0 Å². The maximum atomic E-state index is 12.8. The van der Waals surface area contributed by atoms with E-state index in [0.717, 1.165) is 11.1 Å². The highest BCUT2D eigenvalue weighted by molar-refractivity contribution is 5.97. The standard InChI is InChI=1S/C24H22N2O4/c1-16(27)25-20-14-12-19(13-15-20)23(28)26-22(24(29)30)21(17-8-4-2-5-9-17)18-10-6-3-7-11-18/h2-15,21-22H,1H3,(H,25,27)(H,26,28)(H,29,30)/t22-/m1/s1. The number of carbonyl (C=O) groups excluding carboxylic acids is 2. The maximum Gasteiger partial charge on any atom is 0.327 e. The van der Waals surface area contributed by atoms with E-state index in [1.165, 1.54) is 6.92 Å². The predicted molar refractivity (Wildman–Crippen MR) is 114 cm³/mol. The molecule has 2 amide bonds. The normalized spacial score (nSPS) is 11.5. The molecule has 0 radical (unpaired) electrons. The molecule has 30 heavy (non-hydrogen) atoms. The Morgan fingerprint density at radius 1 is 0.767 bits per heavy atom. The molecule has 0 aromatic heterocycles. The molecule has 0 saturated carbocycles. The third kappa shape index (κ3) is 5.11. The van der Waals surface area contributed by atoms with Gasteiger partial charge >= 0.3 is 5.97 Å². The largest absolute Gasteiger partial charge is 0.480 e. The van der Waals surface area contributed by atoms with Gasteiger partial charge in [0.25, 0.3) is 5.91 Å². The maximum absolute atomic E-state index is 12.8. The SMILES string of the molecule is CC(=O)Nc1ccc(C(=O)N[C@@H](C(=O)O)C(c2ccccc2)c2ccccc2)cc1.